The van der Waals surface area contributed by atoms with Gasteiger partial charge in [0.25, 0.3) is 0 Å². The van der Waals surface area contributed by atoms with Crippen LogP contribution in [0.3, 0.4) is 0 Å². The average Bonchev–Trinajstić information content (AvgIpc) is 3.25. The summed E-state index contributed by atoms with van der Waals surface area (Å²) in [5, 5.41) is 0.764. The molecular weight excluding hydrogens is 438 g/mol. The number of carbonyl (C=O) groups is 1. The second-order valence-electron chi connectivity index (χ2n) is 7.37. The third kappa shape index (κ3) is 6.70. The molecule has 0 N–H and O–H groups in total. The van der Waals surface area contributed by atoms with Gasteiger partial charge in [-0.2, -0.15) is 0 Å². The Kier molecular flexibility index (Phi) is 9.84. The number of fused-ring (bicyclic) bond motifs is 1. The number of hydrogen-bond acceptors (Lipinski definition) is 6. The van der Waals surface area contributed by atoms with Crippen molar-refractivity contribution in [2.24, 2.45) is 0 Å². The Hall–Kier alpha value is -2.09. The molecule has 3 rings (SSSR count). The summed E-state index contributed by atoms with van der Waals surface area (Å²) >= 11 is 3.37. The van der Waals surface area contributed by atoms with Crippen LogP contribution < -0.4 is 9.64 Å². The van der Waals surface area contributed by atoms with Crippen LogP contribution in [0.25, 0.3) is 10.2 Å². The molecule has 0 spiro atoms. The van der Waals surface area contributed by atoms with Crippen LogP contribution in [-0.2, 0) is 4.79 Å². The van der Waals surface area contributed by atoms with Gasteiger partial charge >= 0.3 is 0 Å². The Bertz CT molecular complexity index is 974. The Morgan fingerprint density at radius 1 is 1.03 bits per heavy atom. The van der Waals surface area contributed by atoms with Gasteiger partial charge < -0.3 is 9.64 Å². The van der Waals surface area contributed by atoms with Crippen molar-refractivity contribution in [3.8, 4) is 5.75 Å². The summed E-state index contributed by atoms with van der Waals surface area (Å²) in [6.45, 7) is 10.3. The van der Waals surface area contributed by atoms with Gasteiger partial charge in [-0.3, -0.25) is 9.69 Å². The number of ether oxygens (including phenoxy) is 1. The third-order valence-corrected chi connectivity index (χ3v) is 7.43. The number of benzene rings is 2. The Labute approximate surface area is 199 Å². The van der Waals surface area contributed by atoms with Crippen molar-refractivity contribution in [1.82, 2.24) is 9.88 Å². The SMILES string of the molecule is CCOc1cccc2sc(N(CCN(CC)CC)C(=O)CCCSc3ccccc3)nc12. The molecule has 0 saturated heterocycles. The number of carbonyl (C=O) groups excluding carboxylic acids is 1. The highest BCUT2D eigenvalue weighted by molar-refractivity contribution is 7.99. The molecule has 3 aromatic rings. The molecule has 0 unspecified atom stereocenters. The fraction of sp³-hybridized carbons (Fsp3) is 0.440. The van der Waals surface area contributed by atoms with E-state index in [0.29, 0.717) is 19.6 Å². The summed E-state index contributed by atoms with van der Waals surface area (Å²) in [7, 11) is 0. The highest BCUT2D eigenvalue weighted by atomic mass is 32.2. The van der Waals surface area contributed by atoms with E-state index in [1.165, 1.54) is 4.90 Å². The van der Waals surface area contributed by atoms with Gasteiger partial charge in [-0.25, -0.2) is 4.98 Å². The summed E-state index contributed by atoms with van der Waals surface area (Å²) in [6.07, 6.45) is 1.36. The van der Waals surface area contributed by atoms with Gasteiger partial charge in [-0.15, -0.1) is 11.8 Å². The molecule has 0 aliphatic heterocycles. The highest BCUT2D eigenvalue weighted by Crippen LogP contribution is 2.34. The molecule has 172 valence electrons. The largest absolute Gasteiger partial charge is 0.492 e. The first kappa shape index (κ1) is 24.6. The van der Waals surface area contributed by atoms with Crippen molar-refractivity contribution in [3.63, 3.8) is 0 Å². The maximum Gasteiger partial charge on any atom is 0.228 e. The molecule has 2 aromatic carbocycles. The number of thiazole rings is 1. The first-order valence-electron chi connectivity index (χ1n) is 11.4. The van der Waals surface area contributed by atoms with E-state index in [0.717, 1.165) is 52.9 Å². The van der Waals surface area contributed by atoms with Crippen molar-refractivity contribution in [1.29, 1.82) is 0 Å². The number of thioether (sulfide) groups is 1. The lowest BCUT2D eigenvalue weighted by Gasteiger charge is -2.24. The van der Waals surface area contributed by atoms with Gasteiger partial charge in [-0.05, 0) is 56.5 Å². The summed E-state index contributed by atoms with van der Waals surface area (Å²) in [6, 6.07) is 16.3. The van der Waals surface area contributed by atoms with Crippen molar-refractivity contribution >= 4 is 44.4 Å². The maximum atomic E-state index is 13.3. The van der Waals surface area contributed by atoms with Crippen LogP contribution >= 0.6 is 23.1 Å². The molecule has 0 aliphatic carbocycles. The molecule has 0 radical (unpaired) electrons. The predicted octanol–water partition coefficient (Wildman–Crippen LogP) is 5.94. The highest BCUT2D eigenvalue weighted by Gasteiger charge is 2.21. The van der Waals surface area contributed by atoms with Crippen LogP contribution in [0.1, 0.15) is 33.6 Å². The molecule has 0 atom stereocenters. The molecule has 0 saturated carbocycles. The molecule has 32 heavy (non-hydrogen) atoms. The van der Waals surface area contributed by atoms with E-state index in [1.54, 1.807) is 23.1 Å². The zero-order valence-corrected chi connectivity index (χ0v) is 20.9. The second kappa shape index (κ2) is 12.8. The first-order valence-corrected chi connectivity index (χ1v) is 13.2. The lowest BCUT2D eigenvalue weighted by molar-refractivity contribution is -0.118. The summed E-state index contributed by atoms with van der Waals surface area (Å²) < 4.78 is 6.80. The molecule has 0 fully saturated rings. The summed E-state index contributed by atoms with van der Waals surface area (Å²) in [4.78, 5) is 23.6. The summed E-state index contributed by atoms with van der Waals surface area (Å²) in [5.74, 6) is 1.85. The molecule has 7 heteroatoms. The van der Waals surface area contributed by atoms with E-state index in [4.69, 9.17) is 9.72 Å². The molecule has 1 heterocycles. The Balaban J connectivity index is 1.71. The number of amides is 1. The standard InChI is InChI=1S/C25H33N3O2S2/c1-4-27(5-2)17-18-28(23(29)16-11-19-31-20-12-8-7-9-13-20)25-26-24-21(30-6-3)14-10-15-22(24)32-25/h7-10,12-15H,4-6,11,16-19H2,1-3H3. The number of aromatic nitrogens is 1. The van der Waals surface area contributed by atoms with Crippen molar-refractivity contribution < 1.29 is 9.53 Å². The van der Waals surface area contributed by atoms with Gasteiger partial charge in [-0.1, -0.05) is 49.4 Å². The van der Waals surface area contributed by atoms with Crippen LogP contribution in [0.15, 0.2) is 53.4 Å². The molecule has 1 aromatic heterocycles. The van der Waals surface area contributed by atoms with Crippen molar-refractivity contribution in [2.75, 3.05) is 43.4 Å². The molecule has 1 amide bonds. The monoisotopic (exact) mass is 471 g/mol. The van der Waals surface area contributed by atoms with Gasteiger partial charge in [0.05, 0.1) is 11.3 Å². The topological polar surface area (TPSA) is 45.7 Å². The quantitative estimate of drug-likeness (QED) is 0.228. The Morgan fingerprint density at radius 3 is 2.53 bits per heavy atom. The second-order valence-corrected chi connectivity index (χ2v) is 9.55. The number of rotatable bonds is 13. The van der Waals surface area contributed by atoms with E-state index in [9.17, 15) is 4.79 Å². The van der Waals surface area contributed by atoms with Gasteiger partial charge in [0, 0.05) is 24.4 Å². The molecule has 0 bridgehead atoms. The minimum Gasteiger partial charge on any atom is -0.492 e. The van der Waals surface area contributed by atoms with Gasteiger partial charge in [0.1, 0.15) is 11.3 Å². The van der Waals surface area contributed by atoms with E-state index in [1.807, 2.05) is 48.2 Å². The third-order valence-electron chi connectivity index (χ3n) is 5.28. The fourth-order valence-electron chi connectivity index (χ4n) is 3.47. The van der Waals surface area contributed by atoms with Gasteiger partial charge in [0.15, 0.2) is 5.13 Å². The van der Waals surface area contributed by atoms with Crippen LogP contribution in [0.4, 0.5) is 5.13 Å². The number of anilines is 1. The van der Waals surface area contributed by atoms with Gasteiger partial charge in [0.2, 0.25) is 5.91 Å². The number of hydrogen-bond donors (Lipinski definition) is 0. The minimum atomic E-state index is 0.142. The summed E-state index contributed by atoms with van der Waals surface area (Å²) in [5.41, 5.74) is 0.842. The van der Waals surface area contributed by atoms with E-state index >= 15 is 0 Å². The van der Waals surface area contributed by atoms with Crippen LogP contribution in [0.2, 0.25) is 0 Å². The fourth-order valence-corrected chi connectivity index (χ4v) is 5.37. The number of likely N-dealkylation sites (N-methyl/N-ethyl adjacent to an activating group) is 1. The molecular formula is C25H33N3O2S2. The lowest BCUT2D eigenvalue weighted by Crippen LogP contribution is -2.38. The maximum absolute atomic E-state index is 13.3. The van der Waals surface area contributed by atoms with E-state index < -0.39 is 0 Å². The van der Waals surface area contributed by atoms with Crippen LogP contribution in [-0.4, -0.2) is 54.3 Å². The van der Waals surface area contributed by atoms with Crippen LogP contribution in [0, 0.1) is 0 Å². The minimum absolute atomic E-state index is 0.142. The van der Waals surface area contributed by atoms with Crippen molar-refractivity contribution in [3.05, 3.63) is 48.5 Å². The smallest absolute Gasteiger partial charge is 0.228 e. The zero-order valence-electron chi connectivity index (χ0n) is 19.3. The van der Waals surface area contributed by atoms with E-state index in [2.05, 4.69) is 30.9 Å². The molecule has 0 aliphatic rings. The number of para-hydroxylation sites is 1. The average molecular weight is 472 g/mol. The number of nitrogens with zero attached hydrogens (tertiary/aromatic N) is 3. The normalized spacial score (nSPS) is 11.2. The Morgan fingerprint density at radius 2 is 1.81 bits per heavy atom. The predicted molar refractivity (Wildman–Crippen MR) is 137 cm³/mol. The zero-order chi connectivity index (χ0) is 22.8. The van der Waals surface area contributed by atoms with Crippen LogP contribution in [0.5, 0.6) is 5.75 Å². The molecule has 5 nitrogen and oxygen atoms in total. The van der Waals surface area contributed by atoms with Crippen molar-refractivity contribution in [2.45, 2.75) is 38.5 Å². The lowest BCUT2D eigenvalue weighted by atomic mass is 10.3. The van der Waals surface area contributed by atoms with E-state index in [-0.39, 0.29) is 5.91 Å². The first-order chi connectivity index (χ1) is 15.7.